The molecular formula is C13H21BN2O2S. The molecule has 1 aliphatic heterocycles. The lowest BCUT2D eigenvalue weighted by Crippen LogP contribution is -2.41. The van der Waals surface area contributed by atoms with Gasteiger partial charge in [0.2, 0.25) is 0 Å². The topological polar surface area (TPSA) is 36.3 Å². The number of thiol groups is 1. The lowest BCUT2D eigenvalue weighted by atomic mass is 9.82. The minimum atomic E-state index is -0.325. The highest BCUT2D eigenvalue weighted by atomic mass is 32.1. The standard InChI is InChI=1S/C13H21BN2O2S/c1-11(2)12(3,4)18-14(17-11)10-7-15-16(8-10)13(9-19)5-6-13/h7-8,19H,5-6,9H2,1-4H3. The van der Waals surface area contributed by atoms with Crippen molar-refractivity contribution in [1.29, 1.82) is 0 Å². The molecule has 0 aromatic carbocycles. The van der Waals surface area contributed by atoms with Gasteiger partial charge in [-0.1, -0.05) is 0 Å². The van der Waals surface area contributed by atoms with Crippen LogP contribution in [0.2, 0.25) is 0 Å². The molecule has 0 unspecified atom stereocenters. The van der Waals surface area contributed by atoms with Gasteiger partial charge in [-0.25, -0.2) is 0 Å². The van der Waals surface area contributed by atoms with Crippen molar-refractivity contribution in [2.24, 2.45) is 0 Å². The van der Waals surface area contributed by atoms with Crippen LogP contribution in [0.3, 0.4) is 0 Å². The molecule has 1 aromatic rings. The molecular weight excluding hydrogens is 259 g/mol. The van der Waals surface area contributed by atoms with Gasteiger partial charge in [-0.3, -0.25) is 4.68 Å². The van der Waals surface area contributed by atoms with Crippen LogP contribution in [0.4, 0.5) is 0 Å². The molecule has 1 saturated heterocycles. The van der Waals surface area contributed by atoms with Gasteiger partial charge in [0.05, 0.1) is 16.7 Å². The van der Waals surface area contributed by atoms with Gasteiger partial charge >= 0.3 is 7.12 Å². The van der Waals surface area contributed by atoms with Crippen molar-refractivity contribution in [2.75, 3.05) is 5.75 Å². The minimum Gasteiger partial charge on any atom is -0.399 e. The van der Waals surface area contributed by atoms with Gasteiger partial charge in [0.25, 0.3) is 0 Å². The molecule has 19 heavy (non-hydrogen) atoms. The fourth-order valence-electron chi connectivity index (χ4n) is 2.30. The molecule has 0 atom stereocenters. The van der Waals surface area contributed by atoms with Crippen molar-refractivity contribution in [1.82, 2.24) is 9.78 Å². The van der Waals surface area contributed by atoms with E-state index in [4.69, 9.17) is 9.31 Å². The molecule has 0 N–H and O–H groups in total. The average molecular weight is 280 g/mol. The van der Waals surface area contributed by atoms with E-state index in [0.717, 1.165) is 24.1 Å². The number of rotatable bonds is 3. The first-order chi connectivity index (χ1) is 8.80. The molecule has 1 aliphatic carbocycles. The zero-order valence-electron chi connectivity index (χ0n) is 12.0. The molecule has 4 nitrogen and oxygen atoms in total. The number of nitrogens with zero attached hydrogens (tertiary/aromatic N) is 2. The molecule has 0 radical (unpaired) electrons. The zero-order chi connectivity index (χ0) is 13.9. The Bertz CT molecular complexity index is 481. The lowest BCUT2D eigenvalue weighted by Gasteiger charge is -2.32. The summed E-state index contributed by atoms with van der Waals surface area (Å²) in [5.41, 5.74) is 0.512. The Hall–Kier alpha value is -0.455. The number of hydrogen-bond acceptors (Lipinski definition) is 4. The molecule has 1 aromatic heterocycles. The summed E-state index contributed by atoms with van der Waals surface area (Å²) in [6, 6.07) is 0. The van der Waals surface area contributed by atoms with E-state index in [1.165, 1.54) is 0 Å². The summed E-state index contributed by atoms with van der Waals surface area (Å²) < 4.78 is 14.1. The summed E-state index contributed by atoms with van der Waals surface area (Å²) in [4.78, 5) is 0. The Balaban J connectivity index is 1.82. The van der Waals surface area contributed by atoms with E-state index in [9.17, 15) is 0 Å². The van der Waals surface area contributed by atoms with Gasteiger partial charge < -0.3 is 9.31 Å². The highest BCUT2D eigenvalue weighted by Crippen LogP contribution is 2.43. The van der Waals surface area contributed by atoms with Crippen molar-refractivity contribution >= 4 is 25.2 Å². The Morgan fingerprint density at radius 3 is 2.32 bits per heavy atom. The molecule has 2 fully saturated rings. The normalized spacial score (nSPS) is 26.7. The van der Waals surface area contributed by atoms with Crippen LogP contribution in [-0.4, -0.2) is 33.9 Å². The first-order valence-corrected chi connectivity index (χ1v) is 7.45. The first-order valence-electron chi connectivity index (χ1n) is 6.81. The maximum Gasteiger partial charge on any atom is 0.498 e. The van der Waals surface area contributed by atoms with Crippen LogP contribution in [0.5, 0.6) is 0 Å². The third-order valence-corrected chi connectivity index (χ3v) is 5.32. The van der Waals surface area contributed by atoms with Crippen LogP contribution < -0.4 is 5.46 Å². The second-order valence-electron chi connectivity index (χ2n) is 6.69. The molecule has 2 heterocycles. The second kappa shape index (κ2) is 4.02. The Kier molecular flexibility index (Phi) is 2.86. The van der Waals surface area contributed by atoms with Crippen LogP contribution in [-0.2, 0) is 14.8 Å². The fourth-order valence-corrected chi connectivity index (χ4v) is 2.76. The van der Waals surface area contributed by atoms with Crippen LogP contribution >= 0.6 is 12.6 Å². The summed E-state index contributed by atoms with van der Waals surface area (Å²) in [6.45, 7) is 8.25. The summed E-state index contributed by atoms with van der Waals surface area (Å²) in [5, 5.41) is 4.47. The quantitative estimate of drug-likeness (QED) is 0.675. The van der Waals surface area contributed by atoms with Crippen molar-refractivity contribution in [3.05, 3.63) is 12.4 Å². The Morgan fingerprint density at radius 1 is 1.26 bits per heavy atom. The first kappa shape index (κ1) is 13.5. The monoisotopic (exact) mass is 280 g/mol. The van der Waals surface area contributed by atoms with Crippen LogP contribution in [0.25, 0.3) is 0 Å². The van der Waals surface area contributed by atoms with Crippen LogP contribution in [0.1, 0.15) is 40.5 Å². The van der Waals surface area contributed by atoms with Crippen molar-refractivity contribution in [3.8, 4) is 0 Å². The van der Waals surface area contributed by atoms with E-state index in [-0.39, 0.29) is 23.9 Å². The fraction of sp³-hybridized carbons (Fsp3) is 0.769. The summed E-state index contributed by atoms with van der Waals surface area (Å²) in [7, 11) is -0.325. The number of aromatic nitrogens is 2. The highest BCUT2D eigenvalue weighted by molar-refractivity contribution is 7.80. The van der Waals surface area contributed by atoms with Gasteiger partial charge in [0, 0.05) is 23.6 Å². The average Bonchev–Trinajstić information content (AvgIpc) is 2.89. The molecule has 104 valence electrons. The second-order valence-corrected chi connectivity index (χ2v) is 7.01. The maximum absolute atomic E-state index is 6.04. The molecule has 2 aliphatic rings. The van der Waals surface area contributed by atoms with Crippen molar-refractivity contribution in [3.63, 3.8) is 0 Å². The molecule has 1 saturated carbocycles. The van der Waals surface area contributed by atoms with E-state index in [2.05, 4.69) is 45.4 Å². The SMILES string of the molecule is CC1(C)OB(c2cnn(C3(CS)CC3)c2)OC1(C)C. The molecule has 0 amide bonds. The van der Waals surface area contributed by atoms with Gasteiger partial charge in [0.15, 0.2) is 0 Å². The van der Waals surface area contributed by atoms with Gasteiger partial charge in [-0.15, -0.1) is 0 Å². The Morgan fingerprint density at radius 2 is 1.84 bits per heavy atom. The van der Waals surface area contributed by atoms with Crippen LogP contribution in [0.15, 0.2) is 12.4 Å². The van der Waals surface area contributed by atoms with E-state index in [1.807, 2.05) is 17.1 Å². The third-order valence-electron chi connectivity index (χ3n) is 4.74. The van der Waals surface area contributed by atoms with E-state index < -0.39 is 0 Å². The molecule has 0 spiro atoms. The maximum atomic E-state index is 6.04. The predicted octanol–water partition coefficient (Wildman–Crippen LogP) is 1.60. The largest absolute Gasteiger partial charge is 0.498 e. The van der Waals surface area contributed by atoms with E-state index in [1.54, 1.807) is 0 Å². The lowest BCUT2D eigenvalue weighted by molar-refractivity contribution is 0.00578. The number of hydrogen-bond donors (Lipinski definition) is 1. The molecule has 6 heteroatoms. The predicted molar refractivity (Wildman–Crippen MR) is 79.0 cm³/mol. The summed E-state index contributed by atoms with van der Waals surface area (Å²) in [5.74, 6) is 0.831. The van der Waals surface area contributed by atoms with Crippen LogP contribution in [0, 0.1) is 0 Å². The van der Waals surface area contributed by atoms with Gasteiger partial charge in [-0.2, -0.15) is 17.7 Å². The van der Waals surface area contributed by atoms with Gasteiger partial charge in [-0.05, 0) is 40.5 Å². The summed E-state index contributed by atoms with van der Waals surface area (Å²) >= 11 is 4.43. The van der Waals surface area contributed by atoms with E-state index in [0.29, 0.717) is 0 Å². The van der Waals surface area contributed by atoms with E-state index >= 15 is 0 Å². The van der Waals surface area contributed by atoms with Crippen molar-refractivity contribution < 1.29 is 9.31 Å². The third kappa shape index (κ3) is 2.04. The Labute approximate surface area is 120 Å². The zero-order valence-corrected chi connectivity index (χ0v) is 12.9. The summed E-state index contributed by atoms with van der Waals surface area (Å²) in [6.07, 6.45) is 6.21. The van der Waals surface area contributed by atoms with Crippen molar-refractivity contribution in [2.45, 2.75) is 57.3 Å². The van der Waals surface area contributed by atoms with Gasteiger partial charge in [0.1, 0.15) is 0 Å². The minimum absolute atomic E-state index is 0.130. The highest BCUT2D eigenvalue weighted by Gasteiger charge is 2.52. The smallest absolute Gasteiger partial charge is 0.399 e. The molecule has 3 rings (SSSR count). The molecule has 0 bridgehead atoms.